The van der Waals surface area contributed by atoms with E-state index in [4.69, 9.17) is 4.52 Å². The summed E-state index contributed by atoms with van der Waals surface area (Å²) in [5.41, 5.74) is 2.06. The van der Waals surface area contributed by atoms with Gasteiger partial charge in [0.1, 0.15) is 0 Å². The zero-order valence-corrected chi connectivity index (χ0v) is 13.7. The first kappa shape index (κ1) is 15.5. The second-order valence-electron chi connectivity index (χ2n) is 6.21. The highest BCUT2D eigenvalue weighted by Gasteiger charge is 2.23. The Hall–Kier alpha value is -3.02. The molecule has 0 aliphatic heterocycles. The van der Waals surface area contributed by atoms with Crippen LogP contribution in [0.3, 0.4) is 0 Å². The van der Waals surface area contributed by atoms with E-state index in [0.717, 1.165) is 24.3 Å². The van der Waals surface area contributed by atoms with Crippen molar-refractivity contribution in [2.24, 2.45) is 0 Å². The Labute approximate surface area is 145 Å². The second-order valence-corrected chi connectivity index (χ2v) is 6.21. The van der Waals surface area contributed by atoms with Gasteiger partial charge in [-0.2, -0.15) is 4.98 Å². The lowest BCUT2D eigenvalue weighted by Gasteiger charge is -2.04. The molecule has 6 nitrogen and oxygen atoms in total. The minimum atomic E-state index is -0.181. The minimum absolute atomic E-state index is 0.181. The Bertz CT molecular complexity index is 853. The van der Waals surface area contributed by atoms with Crippen LogP contribution in [0.15, 0.2) is 53.3 Å². The summed E-state index contributed by atoms with van der Waals surface area (Å²) in [4.78, 5) is 20.7. The summed E-state index contributed by atoms with van der Waals surface area (Å²) in [7, 11) is 0. The van der Waals surface area contributed by atoms with Gasteiger partial charge in [-0.15, -0.1) is 0 Å². The molecular formula is C19H18N4O2. The average Bonchev–Trinajstić information content (AvgIpc) is 3.34. The van der Waals surface area contributed by atoms with Crippen molar-refractivity contribution in [1.29, 1.82) is 0 Å². The third kappa shape index (κ3) is 3.42. The molecule has 2 aromatic heterocycles. The Morgan fingerprint density at radius 2 is 1.92 bits per heavy atom. The summed E-state index contributed by atoms with van der Waals surface area (Å²) in [5.74, 6) is 1.51. The summed E-state index contributed by atoms with van der Waals surface area (Å²) >= 11 is 0. The first-order valence-electron chi connectivity index (χ1n) is 8.45. The predicted molar refractivity (Wildman–Crippen MR) is 93.1 cm³/mol. The number of carbonyl (C=O) groups is 1. The fourth-order valence-electron chi connectivity index (χ4n) is 3.10. The van der Waals surface area contributed by atoms with E-state index in [2.05, 4.69) is 20.4 Å². The summed E-state index contributed by atoms with van der Waals surface area (Å²) in [5, 5.41) is 6.89. The smallest absolute Gasteiger partial charge is 0.255 e. The number of nitrogens with zero attached hydrogens (tertiary/aromatic N) is 3. The topological polar surface area (TPSA) is 80.9 Å². The Morgan fingerprint density at radius 3 is 2.64 bits per heavy atom. The van der Waals surface area contributed by atoms with Crippen molar-refractivity contribution in [1.82, 2.24) is 15.1 Å². The van der Waals surface area contributed by atoms with Gasteiger partial charge in [0.15, 0.2) is 0 Å². The van der Waals surface area contributed by atoms with Gasteiger partial charge in [0.05, 0.1) is 11.9 Å². The molecule has 1 aromatic carbocycles. The van der Waals surface area contributed by atoms with Crippen LogP contribution >= 0.6 is 0 Å². The number of nitrogens with one attached hydrogen (secondary N) is 1. The number of hydrogen-bond acceptors (Lipinski definition) is 5. The Kier molecular flexibility index (Phi) is 4.24. The summed E-state index contributed by atoms with van der Waals surface area (Å²) in [6, 6.07) is 10.8. The standard InChI is InChI=1S/C19H18N4O2/c24-18(21-16-6-3-11-20-12-16)14-9-7-13(8-10-14)17-22-19(25-23-17)15-4-1-2-5-15/h3,6-12,15H,1-2,4-5H2,(H,21,24). The molecule has 6 heteroatoms. The van der Waals surface area contributed by atoms with E-state index in [1.54, 1.807) is 36.7 Å². The van der Waals surface area contributed by atoms with Crippen LogP contribution in [0.5, 0.6) is 0 Å². The molecule has 1 aliphatic rings. The van der Waals surface area contributed by atoms with Gasteiger partial charge in [-0.25, -0.2) is 0 Å². The van der Waals surface area contributed by atoms with Crippen LogP contribution in [0.1, 0.15) is 47.8 Å². The maximum Gasteiger partial charge on any atom is 0.255 e. The van der Waals surface area contributed by atoms with E-state index in [1.807, 2.05) is 12.1 Å². The molecule has 1 saturated carbocycles. The van der Waals surface area contributed by atoms with Crippen LogP contribution in [0.25, 0.3) is 11.4 Å². The molecule has 1 N–H and O–H groups in total. The molecule has 1 fully saturated rings. The molecule has 4 rings (SSSR count). The van der Waals surface area contributed by atoms with Gasteiger partial charge in [-0.05, 0) is 37.1 Å². The minimum Gasteiger partial charge on any atom is -0.339 e. The maximum absolute atomic E-state index is 12.3. The fourth-order valence-corrected chi connectivity index (χ4v) is 3.10. The molecule has 25 heavy (non-hydrogen) atoms. The molecule has 0 unspecified atom stereocenters. The number of benzene rings is 1. The third-order valence-electron chi connectivity index (χ3n) is 4.47. The molecule has 2 heterocycles. The molecule has 1 aliphatic carbocycles. The van der Waals surface area contributed by atoms with Crippen LogP contribution < -0.4 is 5.32 Å². The molecule has 0 spiro atoms. The van der Waals surface area contributed by atoms with Crippen molar-refractivity contribution in [3.63, 3.8) is 0 Å². The molecule has 0 bridgehead atoms. The first-order chi connectivity index (χ1) is 12.3. The molecule has 0 atom stereocenters. The molecular weight excluding hydrogens is 316 g/mol. The van der Waals surface area contributed by atoms with Gasteiger partial charge in [-0.1, -0.05) is 30.1 Å². The molecule has 0 saturated heterocycles. The lowest BCUT2D eigenvalue weighted by atomic mass is 10.1. The first-order valence-corrected chi connectivity index (χ1v) is 8.45. The van der Waals surface area contributed by atoms with Gasteiger partial charge in [-0.3, -0.25) is 9.78 Å². The number of pyridine rings is 1. The Balaban J connectivity index is 1.47. The molecule has 1 amide bonds. The number of hydrogen-bond donors (Lipinski definition) is 1. The highest BCUT2D eigenvalue weighted by Crippen LogP contribution is 2.33. The molecule has 126 valence electrons. The van der Waals surface area contributed by atoms with Crippen molar-refractivity contribution in [3.8, 4) is 11.4 Å². The van der Waals surface area contributed by atoms with E-state index in [9.17, 15) is 4.79 Å². The monoisotopic (exact) mass is 334 g/mol. The number of aromatic nitrogens is 3. The van der Waals surface area contributed by atoms with Gasteiger partial charge < -0.3 is 9.84 Å². The van der Waals surface area contributed by atoms with Crippen molar-refractivity contribution in [3.05, 3.63) is 60.2 Å². The lowest BCUT2D eigenvalue weighted by molar-refractivity contribution is 0.102. The normalized spacial score (nSPS) is 14.6. The van der Waals surface area contributed by atoms with Gasteiger partial charge in [0.25, 0.3) is 5.91 Å². The highest BCUT2D eigenvalue weighted by atomic mass is 16.5. The summed E-state index contributed by atoms with van der Waals surface area (Å²) < 4.78 is 5.41. The third-order valence-corrected chi connectivity index (χ3v) is 4.47. The highest BCUT2D eigenvalue weighted by molar-refractivity contribution is 6.04. The Morgan fingerprint density at radius 1 is 1.12 bits per heavy atom. The number of rotatable bonds is 4. The van der Waals surface area contributed by atoms with Gasteiger partial charge in [0, 0.05) is 23.2 Å². The summed E-state index contributed by atoms with van der Waals surface area (Å²) in [6.07, 6.45) is 7.96. The van der Waals surface area contributed by atoms with E-state index in [0.29, 0.717) is 23.0 Å². The van der Waals surface area contributed by atoms with Crippen molar-refractivity contribution < 1.29 is 9.32 Å². The second kappa shape index (κ2) is 6.84. The molecule has 3 aromatic rings. The largest absolute Gasteiger partial charge is 0.339 e. The average molecular weight is 334 g/mol. The number of anilines is 1. The van der Waals surface area contributed by atoms with Crippen LogP contribution in [-0.4, -0.2) is 21.0 Å². The van der Waals surface area contributed by atoms with Crippen LogP contribution in [0.2, 0.25) is 0 Å². The van der Waals surface area contributed by atoms with E-state index in [1.165, 1.54) is 12.8 Å². The van der Waals surface area contributed by atoms with E-state index < -0.39 is 0 Å². The predicted octanol–water partition coefficient (Wildman–Crippen LogP) is 4.04. The zero-order valence-electron chi connectivity index (χ0n) is 13.7. The number of carbonyl (C=O) groups excluding carboxylic acids is 1. The zero-order chi connectivity index (χ0) is 17.1. The van der Waals surface area contributed by atoms with Crippen molar-refractivity contribution >= 4 is 11.6 Å². The van der Waals surface area contributed by atoms with Crippen molar-refractivity contribution in [2.75, 3.05) is 5.32 Å². The summed E-state index contributed by atoms with van der Waals surface area (Å²) in [6.45, 7) is 0. The van der Waals surface area contributed by atoms with Gasteiger partial charge >= 0.3 is 0 Å². The van der Waals surface area contributed by atoms with E-state index >= 15 is 0 Å². The van der Waals surface area contributed by atoms with E-state index in [-0.39, 0.29) is 5.91 Å². The van der Waals surface area contributed by atoms with Gasteiger partial charge in [0.2, 0.25) is 11.7 Å². The SMILES string of the molecule is O=C(Nc1cccnc1)c1ccc(-c2noc(C3CCCC3)n2)cc1. The number of amides is 1. The maximum atomic E-state index is 12.3. The van der Waals surface area contributed by atoms with Crippen LogP contribution in [0, 0.1) is 0 Å². The lowest BCUT2D eigenvalue weighted by Crippen LogP contribution is -2.11. The van der Waals surface area contributed by atoms with Crippen molar-refractivity contribution in [2.45, 2.75) is 31.6 Å². The fraction of sp³-hybridized carbons (Fsp3) is 0.263. The quantitative estimate of drug-likeness (QED) is 0.778. The van der Waals surface area contributed by atoms with Crippen LogP contribution in [0.4, 0.5) is 5.69 Å². The van der Waals surface area contributed by atoms with Crippen LogP contribution in [-0.2, 0) is 0 Å². The molecule has 0 radical (unpaired) electrons.